The average Bonchev–Trinajstić information content (AvgIpc) is 3.46. The first kappa shape index (κ1) is 27.7. The predicted molar refractivity (Wildman–Crippen MR) is 201 cm³/mol. The summed E-state index contributed by atoms with van der Waals surface area (Å²) in [5.74, 6) is 1.78. The molecule has 2 aliphatic rings. The van der Waals surface area contributed by atoms with E-state index in [0.717, 1.165) is 45.3 Å². The van der Waals surface area contributed by atoms with Gasteiger partial charge in [0, 0.05) is 27.9 Å². The van der Waals surface area contributed by atoms with Crippen molar-refractivity contribution in [1.29, 1.82) is 0 Å². The van der Waals surface area contributed by atoms with Gasteiger partial charge in [0.2, 0.25) is 0 Å². The number of rotatable bonds is 4. The number of fused-ring (bicyclic) bond motifs is 10. The van der Waals surface area contributed by atoms with Gasteiger partial charge in [0.05, 0.1) is 11.1 Å². The van der Waals surface area contributed by atoms with Crippen molar-refractivity contribution >= 4 is 27.8 Å². The summed E-state index contributed by atoms with van der Waals surface area (Å²) in [4.78, 5) is 2.41. The molecule has 1 unspecified atom stereocenters. The molecule has 0 aromatic heterocycles. The topological polar surface area (TPSA) is 12.5 Å². The second kappa shape index (κ2) is 10.8. The lowest BCUT2D eigenvalue weighted by atomic mass is 9.66. The Morgan fingerprint density at radius 3 is 1.94 bits per heavy atom. The molecule has 10 rings (SSSR count). The van der Waals surface area contributed by atoms with Crippen molar-refractivity contribution in [1.82, 2.24) is 0 Å². The quantitative estimate of drug-likeness (QED) is 0.193. The van der Waals surface area contributed by atoms with Crippen LogP contribution in [0.4, 0.5) is 17.1 Å². The minimum Gasteiger partial charge on any atom is -0.457 e. The Hall–Kier alpha value is -6.38. The fraction of sp³-hybridized carbons (Fsp3) is 0.0213. The van der Waals surface area contributed by atoms with Gasteiger partial charge in [-0.3, -0.25) is 0 Å². The van der Waals surface area contributed by atoms with Gasteiger partial charge in [-0.05, 0) is 81.2 Å². The van der Waals surface area contributed by atoms with Gasteiger partial charge in [0.25, 0.3) is 0 Å². The summed E-state index contributed by atoms with van der Waals surface area (Å²) in [5, 5.41) is 2.43. The zero-order valence-corrected chi connectivity index (χ0v) is 26.8. The van der Waals surface area contributed by atoms with Crippen LogP contribution in [-0.2, 0) is 5.41 Å². The van der Waals surface area contributed by atoms with Crippen molar-refractivity contribution < 1.29 is 4.74 Å². The highest BCUT2D eigenvalue weighted by atomic mass is 16.5. The molecule has 0 bridgehead atoms. The molecule has 8 aromatic carbocycles. The number of para-hydroxylation sites is 2. The Kier molecular flexibility index (Phi) is 6.13. The summed E-state index contributed by atoms with van der Waals surface area (Å²) in [7, 11) is 0. The number of nitrogens with zero attached hydrogens (tertiary/aromatic N) is 1. The summed E-state index contributed by atoms with van der Waals surface area (Å²) in [6.07, 6.45) is 0. The molecule has 230 valence electrons. The van der Waals surface area contributed by atoms with Crippen molar-refractivity contribution in [2.24, 2.45) is 0 Å². The maximum atomic E-state index is 6.81. The van der Waals surface area contributed by atoms with Crippen LogP contribution in [0.15, 0.2) is 188 Å². The van der Waals surface area contributed by atoms with Crippen molar-refractivity contribution in [3.8, 4) is 33.8 Å². The van der Waals surface area contributed by atoms with E-state index in [1.54, 1.807) is 0 Å². The Bertz CT molecular complexity index is 2530. The molecule has 0 fully saturated rings. The zero-order valence-electron chi connectivity index (χ0n) is 26.8. The van der Waals surface area contributed by atoms with E-state index in [1.165, 1.54) is 38.6 Å². The molecule has 1 aliphatic carbocycles. The lowest BCUT2D eigenvalue weighted by molar-refractivity contribution is 0.436. The van der Waals surface area contributed by atoms with Crippen LogP contribution in [0.25, 0.3) is 33.0 Å². The van der Waals surface area contributed by atoms with Crippen LogP contribution in [0.1, 0.15) is 22.3 Å². The first-order valence-corrected chi connectivity index (χ1v) is 16.9. The van der Waals surface area contributed by atoms with Gasteiger partial charge >= 0.3 is 0 Å². The van der Waals surface area contributed by atoms with Gasteiger partial charge < -0.3 is 9.64 Å². The van der Waals surface area contributed by atoms with E-state index < -0.39 is 5.41 Å². The summed E-state index contributed by atoms with van der Waals surface area (Å²) >= 11 is 0. The van der Waals surface area contributed by atoms with Crippen LogP contribution in [0.5, 0.6) is 11.5 Å². The molecule has 8 aromatic rings. The van der Waals surface area contributed by atoms with E-state index in [0.29, 0.717) is 0 Å². The lowest BCUT2D eigenvalue weighted by Crippen LogP contribution is -2.32. The molecule has 0 saturated carbocycles. The Balaban J connectivity index is 1.27. The number of hydrogen-bond donors (Lipinski definition) is 0. The number of ether oxygens (including phenoxy) is 1. The number of anilines is 3. The SMILES string of the molecule is c1ccc(-c2ccc3c(c2)Oc2ccccc2C32c3ccccc3-c3ccc(N(c4ccccc4)c4cccc5ccccc45)cc32)cc1. The van der Waals surface area contributed by atoms with Gasteiger partial charge in [-0.2, -0.15) is 0 Å². The van der Waals surface area contributed by atoms with Crippen molar-refractivity contribution in [3.05, 3.63) is 210 Å². The first-order valence-electron chi connectivity index (χ1n) is 16.9. The minimum atomic E-state index is -0.567. The van der Waals surface area contributed by atoms with Gasteiger partial charge in [-0.1, -0.05) is 146 Å². The van der Waals surface area contributed by atoms with E-state index in [9.17, 15) is 0 Å². The highest BCUT2D eigenvalue weighted by Gasteiger charge is 2.51. The summed E-state index contributed by atoms with van der Waals surface area (Å²) < 4.78 is 6.81. The molecule has 2 heteroatoms. The van der Waals surface area contributed by atoms with Crippen molar-refractivity contribution in [2.75, 3.05) is 4.90 Å². The molecule has 2 nitrogen and oxygen atoms in total. The van der Waals surface area contributed by atoms with Crippen LogP contribution in [0.3, 0.4) is 0 Å². The standard InChI is InChI=1S/C47H31NO/c1-3-14-32(15-4-1)34-26-29-42-46(30-34)49-45-25-12-11-23-41(45)47(42)40-22-10-9-21-38(40)39-28-27-36(31-43(39)47)48(35-18-5-2-6-19-35)44-24-13-17-33-16-7-8-20-37(33)44/h1-31H. The third-order valence-electron chi connectivity index (χ3n) is 10.3. The monoisotopic (exact) mass is 625 g/mol. The van der Waals surface area contributed by atoms with Gasteiger partial charge in [-0.15, -0.1) is 0 Å². The smallest absolute Gasteiger partial charge is 0.132 e. The fourth-order valence-corrected chi connectivity index (χ4v) is 8.25. The molecule has 0 saturated heterocycles. The maximum absolute atomic E-state index is 6.81. The lowest BCUT2D eigenvalue weighted by Gasteiger charge is -2.40. The number of hydrogen-bond acceptors (Lipinski definition) is 2. The Labute approximate surface area is 286 Å². The summed E-state index contributed by atoms with van der Waals surface area (Å²) in [6, 6.07) is 67.8. The summed E-state index contributed by atoms with van der Waals surface area (Å²) in [5.41, 5.74) is 12.5. The molecule has 0 amide bonds. The molecule has 1 heterocycles. The maximum Gasteiger partial charge on any atom is 0.132 e. The number of benzene rings is 8. The van der Waals surface area contributed by atoms with E-state index in [4.69, 9.17) is 4.74 Å². The average molecular weight is 626 g/mol. The first-order chi connectivity index (χ1) is 24.3. The van der Waals surface area contributed by atoms with E-state index in [-0.39, 0.29) is 0 Å². The molecule has 0 radical (unpaired) electrons. The van der Waals surface area contributed by atoms with E-state index in [2.05, 4.69) is 193 Å². The molecule has 0 N–H and O–H groups in total. The van der Waals surface area contributed by atoms with Crippen molar-refractivity contribution in [2.45, 2.75) is 5.41 Å². The van der Waals surface area contributed by atoms with Gasteiger partial charge in [-0.25, -0.2) is 0 Å². The van der Waals surface area contributed by atoms with Crippen LogP contribution in [-0.4, -0.2) is 0 Å². The molecule has 1 atom stereocenters. The summed E-state index contributed by atoms with van der Waals surface area (Å²) in [6.45, 7) is 0. The largest absolute Gasteiger partial charge is 0.457 e. The third kappa shape index (κ3) is 4.07. The van der Waals surface area contributed by atoms with E-state index in [1.807, 2.05) is 0 Å². The molecular formula is C47H31NO. The minimum absolute atomic E-state index is 0.567. The molecule has 1 spiro atoms. The van der Waals surface area contributed by atoms with Crippen LogP contribution in [0, 0.1) is 0 Å². The second-order valence-electron chi connectivity index (χ2n) is 12.9. The predicted octanol–water partition coefficient (Wildman–Crippen LogP) is 12.4. The zero-order chi connectivity index (χ0) is 32.4. The molecular weight excluding hydrogens is 595 g/mol. The Morgan fingerprint density at radius 2 is 1.06 bits per heavy atom. The molecule has 1 aliphatic heterocycles. The Morgan fingerprint density at radius 1 is 0.388 bits per heavy atom. The highest BCUT2D eigenvalue weighted by Crippen LogP contribution is 2.63. The van der Waals surface area contributed by atoms with Crippen LogP contribution >= 0.6 is 0 Å². The van der Waals surface area contributed by atoms with E-state index >= 15 is 0 Å². The van der Waals surface area contributed by atoms with Gasteiger partial charge in [0.15, 0.2) is 0 Å². The molecule has 49 heavy (non-hydrogen) atoms. The normalized spacial score (nSPS) is 15.2. The van der Waals surface area contributed by atoms with Crippen LogP contribution in [0.2, 0.25) is 0 Å². The third-order valence-corrected chi connectivity index (χ3v) is 10.3. The highest BCUT2D eigenvalue weighted by molar-refractivity contribution is 6.00. The van der Waals surface area contributed by atoms with Crippen LogP contribution < -0.4 is 9.64 Å². The van der Waals surface area contributed by atoms with Gasteiger partial charge in [0.1, 0.15) is 11.5 Å². The van der Waals surface area contributed by atoms with Crippen molar-refractivity contribution in [3.63, 3.8) is 0 Å². The second-order valence-corrected chi connectivity index (χ2v) is 12.9. The fourth-order valence-electron chi connectivity index (χ4n) is 8.25.